The van der Waals surface area contributed by atoms with Gasteiger partial charge in [0.15, 0.2) is 0 Å². The van der Waals surface area contributed by atoms with Gasteiger partial charge in [0.1, 0.15) is 0 Å². The molecule has 5 heteroatoms. The fourth-order valence-electron chi connectivity index (χ4n) is 2.85. The minimum atomic E-state index is -0.900. The number of hydrogen-bond donors (Lipinski definition) is 2. The topological polar surface area (TPSA) is 69.6 Å². The average Bonchev–Trinajstić information content (AvgIpc) is 2.90. The number of carboxylic acid groups (broad SMARTS) is 1. The van der Waals surface area contributed by atoms with Crippen molar-refractivity contribution in [2.45, 2.75) is 39.2 Å². The Kier molecular flexibility index (Phi) is 4.83. The van der Waals surface area contributed by atoms with Crippen LogP contribution >= 0.6 is 0 Å². The van der Waals surface area contributed by atoms with Crippen molar-refractivity contribution < 1.29 is 14.7 Å². The minimum absolute atomic E-state index is 0.0479. The predicted molar refractivity (Wildman–Crippen MR) is 80.2 cm³/mol. The Morgan fingerprint density at radius 1 is 1.38 bits per heavy atom. The second kappa shape index (κ2) is 6.61. The fourth-order valence-corrected chi connectivity index (χ4v) is 2.85. The molecule has 21 heavy (non-hydrogen) atoms. The maximum atomic E-state index is 12.2. The van der Waals surface area contributed by atoms with Crippen molar-refractivity contribution in [1.82, 2.24) is 10.2 Å². The van der Waals surface area contributed by atoms with Crippen molar-refractivity contribution in [3.05, 3.63) is 34.9 Å². The van der Waals surface area contributed by atoms with Crippen LogP contribution in [0.25, 0.3) is 0 Å². The molecule has 5 nitrogen and oxygen atoms in total. The molecule has 1 fully saturated rings. The zero-order chi connectivity index (χ0) is 15.4. The predicted octanol–water partition coefficient (Wildman–Crippen LogP) is 2.62. The largest absolute Gasteiger partial charge is 0.481 e. The summed E-state index contributed by atoms with van der Waals surface area (Å²) >= 11 is 0. The SMILES string of the molecule is Cc1cccc(C2CCCN2C(=O)NCCC(=O)O)c1C. The van der Waals surface area contributed by atoms with E-state index in [9.17, 15) is 9.59 Å². The quantitative estimate of drug-likeness (QED) is 0.895. The Morgan fingerprint density at radius 2 is 2.14 bits per heavy atom. The van der Waals surface area contributed by atoms with Crippen LogP contribution in [0.3, 0.4) is 0 Å². The standard InChI is InChI=1S/C16H22N2O3/c1-11-5-3-6-13(12(11)2)14-7-4-10-18(14)16(21)17-9-8-15(19)20/h3,5-6,14H,4,7-10H2,1-2H3,(H,17,21)(H,19,20). The summed E-state index contributed by atoms with van der Waals surface area (Å²) < 4.78 is 0. The maximum Gasteiger partial charge on any atom is 0.317 e. The van der Waals surface area contributed by atoms with Gasteiger partial charge in [0.2, 0.25) is 0 Å². The Morgan fingerprint density at radius 3 is 2.86 bits per heavy atom. The van der Waals surface area contributed by atoms with E-state index >= 15 is 0 Å². The number of likely N-dealkylation sites (tertiary alicyclic amines) is 1. The molecule has 114 valence electrons. The molecule has 0 radical (unpaired) electrons. The summed E-state index contributed by atoms with van der Waals surface area (Å²) in [4.78, 5) is 24.6. The fraction of sp³-hybridized carbons (Fsp3) is 0.500. The summed E-state index contributed by atoms with van der Waals surface area (Å²) in [6, 6.07) is 6.10. The molecule has 0 saturated carbocycles. The summed E-state index contributed by atoms with van der Waals surface area (Å²) in [7, 11) is 0. The Hall–Kier alpha value is -2.04. The van der Waals surface area contributed by atoms with Crippen LogP contribution in [0.1, 0.15) is 42.0 Å². The third-order valence-corrected chi connectivity index (χ3v) is 4.13. The Balaban J connectivity index is 2.08. The van der Waals surface area contributed by atoms with Gasteiger partial charge in [-0.25, -0.2) is 4.79 Å². The number of amides is 2. The smallest absolute Gasteiger partial charge is 0.317 e. The van der Waals surface area contributed by atoms with Gasteiger partial charge in [0.05, 0.1) is 12.5 Å². The number of nitrogens with zero attached hydrogens (tertiary/aromatic N) is 1. The first-order valence-corrected chi connectivity index (χ1v) is 7.33. The number of carbonyl (C=O) groups excluding carboxylic acids is 1. The molecule has 1 aromatic rings. The second-order valence-corrected chi connectivity index (χ2v) is 5.52. The molecule has 1 heterocycles. The molecule has 0 bridgehead atoms. The van der Waals surface area contributed by atoms with Crippen molar-refractivity contribution in [3.8, 4) is 0 Å². The van der Waals surface area contributed by atoms with E-state index in [-0.39, 0.29) is 25.0 Å². The lowest BCUT2D eigenvalue weighted by molar-refractivity contribution is -0.136. The summed E-state index contributed by atoms with van der Waals surface area (Å²) in [6.45, 7) is 5.05. The third-order valence-electron chi connectivity index (χ3n) is 4.13. The number of aliphatic carboxylic acids is 1. The third kappa shape index (κ3) is 3.54. The van der Waals surface area contributed by atoms with Gasteiger partial charge in [-0.1, -0.05) is 18.2 Å². The van der Waals surface area contributed by atoms with Crippen LogP contribution in [0.4, 0.5) is 4.79 Å². The van der Waals surface area contributed by atoms with E-state index in [1.165, 1.54) is 16.7 Å². The normalized spacial score (nSPS) is 17.8. The zero-order valence-electron chi connectivity index (χ0n) is 12.6. The first-order valence-electron chi connectivity index (χ1n) is 7.33. The molecule has 1 aliphatic rings. The van der Waals surface area contributed by atoms with Crippen LogP contribution < -0.4 is 5.32 Å². The van der Waals surface area contributed by atoms with Crippen LogP contribution in [0, 0.1) is 13.8 Å². The van der Waals surface area contributed by atoms with E-state index in [1.807, 2.05) is 11.0 Å². The van der Waals surface area contributed by atoms with E-state index < -0.39 is 5.97 Å². The lowest BCUT2D eigenvalue weighted by atomic mass is 9.96. The van der Waals surface area contributed by atoms with E-state index in [0.29, 0.717) is 0 Å². The Bertz CT molecular complexity index is 542. The van der Waals surface area contributed by atoms with E-state index in [0.717, 1.165) is 19.4 Å². The summed E-state index contributed by atoms with van der Waals surface area (Å²) in [5.74, 6) is -0.900. The highest BCUT2D eigenvalue weighted by atomic mass is 16.4. The van der Waals surface area contributed by atoms with Gasteiger partial charge >= 0.3 is 12.0 Å². The molecular formula is C16H22N2O3. The Labute approximate surface area is 125 Å². The van der Waals surface area contributed by atoms with Crippen LogP contribution in [0.5, 0.6) is 0 Å². The summed E-state index contributed by atoms with van der Waals surface area (Å²) in [5.41, 5.74) is 3.65. The number of benzene rings is 1. The maximum absolute atomic E-state index is 12.2. The number of carboxylic acids is 1. The van der Waals surface area contributed by atoms with E-state index in [1.54, 1.807) is 0 Å². The molecule has 0 spiro atoms. The van der Waals surface area contributed by atoms with Crippen LogP contribution in [-0.4, -0.2) is 35.1 Å². The molecule has 1 aliphatic heterocycles. The van der Waals surface area contributed by atoms with Gasteiger partial charge < -0.3 is 15.3 Å². The molecule has 2 rings (SSSR count). The molecule has 2 N–H and O–H groups in total. The minimum Gasteiger partial charge on any atom is -0.481 e. The summed E-state index contributed by atoms with van der Waals surface area (Å²) in [6.07, 6.45) is 1.88. The van der Waals surface area contributed by atoms with E-state index in [4.69, 9.17) is 5.11 Å². The van der Waals surface area contributed by atoms with Gasteiger partial charge in [-0.15, -0.1) is 0 Å². The monoisotopic (exact) mass is 290 g/mol. The van der Waals surface area contributed by atoms with Gasteiger partial charge in [-0.2, -0.15) is 0 Å². The first kappa shape index (κ1) is 15.4. The molecule has 1 saturated heterocycles. The van der Waals surface area contributed by atoms with Crippen molar-refractivity contribution >= 4 is 12.0 Å². The molecular weight excluding hydrogens is 268 g/mol. The average molecular weight is 290 g/mol. The lowest BCUT2D eigenvalue weighted by Gasteiger charge is -2.27. The highest BCUT2D eigenvalue weighted by molar-refractivity contribution is 5.76. The van der Waals surface area contributed by atoms with Crippen molar-refractivity contribution in [3.63, 3.8) is 0 Å². The van der Waals surface area contributed by atoms with Crippen LogP contribution in [0.2, 0.25) is 0 Å². The number of carbonyl (C=O) groups is 2. The van der Waals surface area contributed by atoms with E-state index in [2.05, 4.69) is 31.3 Å². The zero-order valence-corrected chi connectivity index (χ0v) is 12.6. The van der Waals surface area contributed by atoms with Gasteiger partial charge in [-0.3, -0.25) is 4.79 Å². The number of rotatable bonds is 4. The molecule has 1 unspecified atom stereocenters. The molecule has 0 aliphatic carbocycles. The van der Waals surface area contributed by atoms with Crippen molar-refractivity contribution in [2.24, 2.45) is 0 Å². The molecule has 1 atom stereocenters. The molecule has 0 aromatic heterocycles. The van der Waals surface area contributed by atoms with Gasteiger partial charge in [-0.05, 0) is 43.4 Å². The van der Waals surface area contributed by atoms with Gasteiger partial charge in [0.25, 0.3) is 0 Å². The molecule has 2 amide bonds. The van der Waals surface area contributed by atoms with Crippen molar-refractivity contribution in [2.75, 3.05) is 13.1 Å². The highest BCUT2D eigenvalue weighted by Crippen LogP contribution is 2.34. The highest BCUT2D eigenvalue weighted by Gasteiger charge is 2.30. The van der Waals surface area contributed by atoms with Crippen LogP contribution in [-0.2, 0) is 4.79 Å². The second-order valence-electron chi connectivity index (χ2n) is 5.52. The molecule has 1 aromatic carbocycles. The number of nitrogens with one attached hydrogen (secondary N) is 1. The number of aryl methyl sites for hydroxylation is 1. The number of urea groups is 1. The lowest BCUT2D eigenvalue weighted by Crippen LogP contribution is -2.40. The van der Waals surface area contributed by atoms with Gasteiger partial charge in [0, 0.05) is 13.1 Å². The summed E-state index contributed by atoms with van der Waals surface area (Å²) in [5, 5.41) is 11.3. The first-order chi connectivity index (χ1) is 10.0. The van der Waals surface area contributed by atoms with Crippen molar-refractivity contribution in [1.29, 1.82) is 0 Å². The number of hydrogen-bond acceptors (Lipinski definition) is 2. The van der Waals surface area contributed by atoms with Crippen LogP contribution in [0.15, 0.2) is 18.2 Å².